The number of nitrogens with zero attached hydrogens (tertiary/aromatic N) is 3. The van der Waals surface area contributed by atoms with Crippen molar-refractivity contribution in [3.8, 4) is 0 Å². The number of imide groups is 1. The molecule has 0 radical (unpaired) electrons. The van der Waals surface area contributed by atoms with E-state index in [2.05, 4.69) is 22.0 Å². The lowest BCUT2D eigenvalue weighted by molar-refractivity contribution is -0.136. The predicted molar refractivity (Wildman–Crippen MR) is 128 cm³/mol. The van der Waals surface area contributed by atoms with Crippen molar-refractivity contribution in [2.75, 3.05) is 32.8 Å². The maximum absolute atomic E-state index is 13.6. The molecule has 1 aliphatic carbocycles. The Morgan fingerprint density at radius 2 is 1.49 bits per heavy atom. The SMILES string of the molecule is C[C@H]1CCCC[C@@]12NC(=O)N(CN1CCN(C(c3ccc(F)cc3)c3ccc(F)cc3)CC1)C2=O. The summed E-state index contributed by atoms with van der Waals surface area (Å²) < 4.78 is 27.2. The van der Waals surface area contributed by atoms with Crippen LogP contribution in [-0.2, 0) is 4.79 Å². The first-order chi connectivity index (χ1) is 16.9. The summed E-state index contributed by atoms with van der Waals surface area (Å²) in [6.07, 6.45) is 3.71. The highest BCUT2D eigenvalue weighted by molar-refractivity contribution is 6.07. The number of hydrogen-bond acceptors (Lipinski definition) is 4. The number of halogens is 2. The van der Waals surface area contributed by atoms with Gasteiger partial charge in [0.05, 0.1) is 12.7 Å². The van der Waals surface area contributed by atoms with Crippen LogP contribution in [0.3, 0.4) is 0 Å². The number of amides is 3. The molecule has 186 valence electrons. The molecular formula is C27H32F2N4O2. The molecule has 3 amide bonds. The lowest BCUT2D eigenvalue weighted by atomic mass is 9.73. The van der Waals surface area contributed by atoms with Gasteiger partial charge in [0.15, 0.2) is 0 Å². The zero-order valence-corrected chi connectivity index (χ0v) is 20.1. The topological polar surface area (TPSA) is 55.9 Å². The average molecular weight is 483 g/mol. The van der Waals surface area contributed by atoms with E-state index in [9.17, 15) is 18.4 Å². The Kier molecular flexibility index (Phi) is 6.59. The van der Waals surface area contributed by atoms with Crippen LogP contribution in [0.15, 0.2) is 48.5 Å². The molecule has 2 heterocycles. The van der Waals surface area contributed by atoms with Gasteiger partial charge in [-0.2, -0.15) is 0 Å². The number of hydrogen-bond donors (Lipinski definition) is 1. The minimum absolute atomic E-state index is 0.0902. The summed E-state index contributed by atoms with van der Waals surface area (Å²) in [5.41, 5.74) is 1.13. The normalized spacial score (nSPS) is 26.1. The summed E-state index contributed by atoms with van der Waals surface area (Å²) >= 11 is 0. The van der Waals surface area contributed by atoms with Gasteiger partial charge in [0.25, 0.3) is 5.91 Å². The van der Waals surface area contributed by atoms with Crippen LogP contribution < -0.4 is 5.32 Å². The molecule has 6 nitrogen and oxygen atoms in total. The molecule has 3 aliphatic rings. The van der Waals surface area contributed by atoms with E-state index < -0.39 is 5.54 Å². The number of benzene rings is 2. The Morgan fingerprint density at radius 3 is 2.03 bits per heavy atom. The molecule has 2 atom stereocenters. The van der Waals surface area contributed by atoms with E-state index >= 15 is 0 Å². The molecule has 3 fully saturated rings. The zero-order chi connectivity index (χ0) is 24.6. The fraction of sp³-hybridized carbons (Fsp3) is 0.481. The second kappa shape index (κ2) is 9.66. The fourth-order valence-electron chi connectivity index (χ4n) is 5.89. The molecule has 5 rings (SSSR count). The smallest absolute Gasteiger partial charge is 0.323 e. The van der Waals surface area contributed by atoms with Crippen LogP contribution in [0.1, 0.15) is 49.8 Å². The summed E-state index contributed by atoms with van der Waals surface area (Å²) in [6, 6.07) is 12.4. The second-order valence-electron chi connectivity index (χ2n) is 10.1. The monoisotopic (exact) mass is 482 g/mol. The van der Waals surface area contributed by atoms with Crippen LogP contribution in [0, 0.1) is 17.6 Å². The molecule has 1 spiro atoms. The van der Waals surface area contributed by atoms with Gasteiger partial charge in [0.1, 0.15) is 17.2 Å². The zero-order valence-electron chi connectivity index (χ0n) is 20.1. The summed E-state index contributed by atoms with van der Waals surface area (Å²) in [5, 5.41) is 3.03. The van der Waals surface area contributed by atoms with Crippen LogP contribution in [0.25, 0.3) is 0 Å². The van der Waals surface area contributed by atoms with Crippen LogP contribution in [-0.4, -0.2) is 65.0 Å². The Labute approximate surface area is 204 Å². The van der Waals surface area contributed by atoms with Gasteiger partial charge >= 0.3 is 6.03 Å². The number of urea groups is 1. The highest BCUT2D eigenvalue weighted by Gasteiger charge is 2.55. The quantitative estimate of drug-likeness (QED) is 0.652. The Morgan fingerprint density at radius 1 is 0.914 bits per heavy atom. The van der Waals surface area contributed by atoms with Gasteiger partial charge in [-0.15, -0.1) is 0 Å². The van der Waals surface area contributed by atoms with Crippen LogP contribution >= 0.6 is 0 Å². The molecule has 0 aromatic heterocycles. The van der Waals surface area contributed by atoms with E-state index in [4.69, 9.17) is 0 Å². The van der Waals surface area contributed by atoms with Crippen LogP contribution in [0.2, 0.25) is 0 Å². The van der Waals surface area contributed by atoms with Crippen molar-refractivity contribution < 1.29 is 18.4 Å². The van der Waals surface area contributed by atoms with Crippen molar-refractivity contribution in [2.45, 2.75) is 44.2 Å². The van der Waals surface area contributed by atoms with E-state index in [0.717, 1.165) is 30.4 Å². The maximum atomic E-state index is 13.6. The van der Waals surface area contributed by atoms with Crippen molar-refractivity contribution >= 4 is 11.9 Å². The summed E-state index contributed by atoms with van der Waals surface area (Å²) in [4.78, 5) is 31.9. The second-order valence-corrected chi connectivity index (χ2v) is 10.1. The fourth-order valence-corrected chi connectivity index (χ4v) is 5.89. The van der Waals surface area contributed by atoms with Crippen molar-refractivity contribution in [1.82, 2.24) is 20.0 Å². The molecular weight excluding hydrogens is 450 g/mol. The van der Waals surface area contributed by atoms with Gasteiger partial charge in [-0.3, -0.25) is 14.6 Å². The molecule has 2 aliphatic heterocycles. The van der Waals surface area contributed by atoms with Gasteiger partial charge in [-0.05, 0) is 54.2 Å². The molecule has 0 bridgehead atoms. The first-order valence-corrected chi connectivity index (χ1v) is 12.5. The third kappa shape index (κ3) is 4.57. The standard InChI is InChI=1S/C27H32F2N4O2/c1-19-4-2-3-13-27(19)25(34)33(26(35)30-27)18-31-14-16-32(17-15-31)24(20-5-9-22(28)10-6-20)21-7-11-23(29)12-8-21/h5-12,19,24H,2-4,13-18H2,1H3,(H,30,35)/t19-,27+/m0/s1. The van der Waals surface area contributed by atoms with Gasteiger partial charge in [0, 0.05) is 26.2 Å². The van der Waals surface area contributed by atoms with E-state index in [1.165, 1.54) is 29.2 Å². The number of rotatable bonds is 5. The van der Waals surface area contributed by atoms with Gasteiger partial charge < -0.3 is 5.32 Å². The van der Waals surface area contributed by atoms with Crippen LogP contribution in [0.5, 0.6) is 0 Å². The summed E-state index contributed by atoms with van der Waals surface area (Å²) in [6.45, 7) is 5.10. The van der Waals surface area contributed by atoms with E-state index in [1.54, 1.807) is 24.3 Å². The summed E-state index contributed by atoms with van der Waals surface area (Å²) in [5.74, 6) is -0.542. The number of carbonyl (C=O) groups is 2. The third-order valence-electron chi connectivity index (χ3n) is 7.99. The average Bonchev–Trinajstić information content (AvgIpc) is 3.09. The van der Waals surface area contributed by atoms with Gasteiger partial charge in [0.2, 0.25) is 0 Å². The highest BCUT2D eigenvalue weighted by atomic mass is 19.1. The largest absolute Gasteiger partial charge is 0.326 e. The first-order valence-electron chi connectivity index (χ1n) is 12.5. The molecule has 1 saturated carbocycles. The van der Waals surface area contributed by atoms with Crippen molar-refractivity contribution in [3.63, 3.8) is 0 Å². The highest BCUT2D eigenvalue weighted by Crippen LogP contribution is 2.38. The van der Waals surface area contributed by atoms with Crippen molar-refractivity contribution in [2.24, 2.45) is 5.92 Å². The minimum atomic E-state index is -0.743. The Balaban J connectivity index is 1.28. The Hall–Kier alpha value is -2.84. The number of nitrogens with one attached hydrogen (secondary N) is 1. The molecule has 2 saturated heterocycles. The summed E-state index contributed by atoms with van der Waals surface area (Å²) in [7, 11) is 0. The Bertz CT molecular complexity index is 1020. The molecule has 8 heteroatoms. The lowest BCUT2D eigenvalue weighted by Gasteiger charge is -2.41. The van der Waals surface area contributed by atoms with Crippen molar-refractivity contribution in [3.05, 3.63) is 71.3 Å². The number of carbonyl (C=O) groups excluding carboxylic acids is 2. The molecule has 1 N–H and O–H groups in total. The molecule has 35 heavy (non-hydrogen) atoms. The molecule has 2 aromatic rings. The van der Waals surface area contributed by atoms with E-state index in [1.807, 2.05) is 0 Å². The third-order valence-corrected chi connectivity index (χ3v) is 7.99. The maximum Gasteiger partial charge on any atom is 0.326 e. The first kappa shape index (κ1) is 23.9. The minimum Gasteiger partial charge on any atom is -0.323 e. The van der Waals surface area contributed by atoms with Gasteiger partial charge in [-0.25, -0.2) is 18.5 Å². The molecule has 0 unspecified atom stereocenters. The predicted octanol–water partition coefficient (Wildman–Crippen LogP) is 4.13. The van der Waals surface area contributed by atoms with Gasteiger partial charge in [-0.1, -0.05) is 44.0 Å². The van der Waals surface area contributed by atoms with Crippen molar-refractivity contribution in [1.29, 1.82) is 0 Å². The number of piperazine rings is 1. The van der Waals surface area contributed by atoms with Crippen LogP contribution in [0.4, 0.5) is 13.6 Å². The molecule has 2 aromatic carbocycles. The van der Waals surface area contributed by atoms with E-state index in [-0.39, 0.29) is 42.2 Å². The van der Waals surface area contributed by atoms with E-state index in [0.29, 0.717) is 32.6 Å². The lowest BCUT2D eigenvalue weighted by Crippen LogP contribution is -2.55.